The second-order valence-electron chi connectivity index (χ2n) is 1.82. The van der Waals surface area contributed by atoms with Crippen molar-refractivity contribution in [3.63, 3.8) is 0 Å². The first-order chi connectivity index (χ1) is 4.30. The minimum atomic E-state index is -2.12. The summed E-state index contributed by atoms with van der Waals surface area (Å²) >= 11 is 0. The maximum Gasteiger partial charge on any atom is 0.613 e. The summed E-state index contributed by atoms with van der Waals surface area (Å²) in [6, 6.07) is 0. The highest BCUT2D eigenvalue weighted by Gasteiger charge is 2.27. The van der Waals surface area contributed by atoms with Crippen LogP contribution in [0.15, 0.2) is 0 Å². The molecule has 0 saturated carbocycles. The summed E-state index contributed by atoms with van der Waals surface area (Å²) < 4.78 is 16.8. The average molecular weight is 150 g/mol. The Labute approximate surface area is 54.3 Å². The number of hydrogen-bond acceptors (Lipinski definition) is 2. The second kappa shape index (κ2) is 3.22. The number of ether oxygens (including phenoxy) is 1. The van der Waals surface area contributed by atoms with Crippen LogP contribution in [0.2, 0.25) is 0 Å². The molecule has 4 nitrogen and oxygen atoms in total. The van der Waals surface area contributed by atoms with Crippen LogP contribution in [-0.2, 0) is 9.30 Å². The minimum absolute atomic E-state index is 0.571. The normalized spacial score (nSPS) is 23.9. The van der Waals surface area contributed by atoms with Crippen molar-refractivity contribution < 1.29 is 14.2 Å². The van der Waals surface area contributed by atoms with Crippen LogP contribution in [0.25, 0.3) is 0 Å². The number of nitrogens with zero attached hydrogens (tertiary/aromatic N) is 1. The highest BCUT2D eigenvalue weighted by atomic mass is 31.1. The molecular formula is C4H9NO3P+. The molecule has 0 aromatic rings. The topological polar surface area (TPSA) is 49.8 Å². The van der Waals surface area contributed by atoms with Crippen LogP contribution in [0.4, 0.5) is 0 Å². The maximum atomic E-state index is 10.4. The smallest absolute Gasteiger partial charge is 0.378 e. The van der Waals surface area contributed by atoms with Crippen molar-refractivity contribution in [2.24, 2.45) is 0 Å². The van der Waals surface area contributed by atoms with E-state index >= 15 is 0 Å². The molecule has 52 valence electrons. The Bertz CT molecular complexity index is 112. The van der Waals surface area contributed by atoms with Crippen molar-refractivity contribution in [3.05, 3.63) is 0 Å². The van der Waals surface area contributed by atoms with Gasteiger partial charge in [-0.25, -0.2) is 0 Å². The molecule has 1 fully saturated rings. The molecule has 0 aromatic carbocycles. The van der Waals surface area contributed by atoms with Crippen molar-refractivity contribution in [2.75, 3.05) is 26.3 Å². The Morgan fingerprint density at radius 1 is 1.44 bits per heavy atom. The number of morpholine rings is 1. The predicted octanol–water partition coefficient (Wildman–Crippen LogP) is -0.0317. The lowest BCUT2D eigenvalue weighted by atomic mass is 10.5. The molecule has 0 aliphatic carbocycles. The first-order valence-electron chi connectivity index (χ1n) is 2.79. The quantitative estimate of drug-likeness (QED) is 0.533. The summed E-state index contributed by atoms with van der Waals surface area (Å²) in [6.45, 7) is 2.29. The van der Waals surface area contributed by atoms with E-state index in [-0.39, 0.29) is 0 Å². The third kappa shape index (κ3) is 1.99. The molecule has 9 heavy (non-hydrogen) atoms. The van der Waals surface area contributed by atoms with Gasteiger partial charge in [-0.2, -0.15) is 0 Å². The summed E-state index contributed by atoms with van der Waals surface area (Å²) in [5.74, 6) is 0. The van der Waals surface area contributed by atoms with Gasteiger partial charge < -0.3 is 4.74 Å². The van der Waals surface area contributed by atoms with E-state index < -0.39 is 8.18 Å². The van der Waals surface area contributed by atoms with Gasteiger partial charge in [0, 0.05) is 0 Å². The van der Waals surface area contributed by atoms with Gasteiger partial charge in [0.25, 0.3) is 0 Å². The van der Waals surface area contributed by atoms with E-state index in [1.54, 1.807) is 0 Å². The van der Waals surface area contributed by atoms with Gasteiger partial charge in [0.15, 0.2) is 0 Å². The average Bonchev–Trinajstić information content (AvgIpc) is 1.90. The highest BCUT2D eigenvalue weighted by molar-refractivity contribution is 7.35. The van der Waals surface area contributed by atoms with Gasteiger partial charge >= 0.3 is 8.18 Å². The lowest BCUT2D eigenvalue weighted by molar-refractivity contribution is 0.0701. The fourth-order valence-corrected chi connectivity index (χ4v) is 1.23. The lowest BCUT2D eigenvalue weighted by Crippen LogP contribution is -2.30. The predicted molar refractivity (Wildman–Crippen MR) is 32.2 cm³/mol. The van der Waals surface area contributed by atoms with Crippen molar-refractivity contribution in [3.8, 4) is 0 Å². The van der Waals surface area contributed by atoms with Crippen LogP contribution >= 0.6 is 8.18 Å². The molecule has 1 heterocycles. The highest BCUT2D eigenvalue weighted by Crippen LogP contribution is 2.21. The van der Waals surface area contributed by atoms with E-state index in [1.165, 1.54) is 4.67 Å². The molecule has 1 aliphatic heterocycles. The van der Waals surface area contributed by atoms with Crippen LogP contribution in [-0.4, -0.2) is 35.9 Å². The minimum Gasteiger partial charge on any atom is -0.378 e. The van der Waals surface area contributed by atoms with E-state index in [0.717, 1.165) is 0 Å². The molecule has 1 rings (SSSR count). The monoisotopic (exact) mass is 150 g/mol. The van der Waals surface area contributed by atoms with Crippen molar-refractivity contribution in [1.29, 1.82) is 0 Å². The molecule has 0 bridgehead atoms. The Balaban J connectivity index is 2.31. The Kier molecular flexibility index (Phi) is 2.54. The standard InChI is InChI=1S/C4H8NO3P/c6-9(7)5-1-3-8-4-2-5/h1-4H2/p+1. The molecule has 1 unspecified atom stereocenters. The first-order valence-corrected chi connectivity index (χ1v) is 3.96. The van der Waals surface area contributed by atoms with E-state index in [0.29, 0.717) is 26.3 Å². The van der Waals surface area contributed by atoms with Gasteiger partial charge in [-0.05, 0) is 4.57 Å². The summed E-state index contributed by atoms with van der Waals surface area (Å²) in [5.41, 5.74) is 0. The zero-order chi connectivity index (χ0) is 6.69. The van der Waals surface area contributed by atoms with E-state index in [4.69, 9.17) is 9.63 Å². The third-order valence-electron chi connectivity index (χ3n) is 1.23. The van der Waals surface area contributed by atoms with Crippen LogP contribution in [0.1, 0.15) is 0 Å². The van der Waals surface area contributed by atoms with Gasteiger partial charge in [0.2, 0.25) is 0 Å². The Hall–Kier alpha value is -0.0200. The largest absolute Gasteiger partial charge is 0.613 e. The lowest BCUT2D eigenvalue weighted by Gasteiger charge is -2.14. The molecular weight excluding hydrogens is 141 g/mol. The van der Waals surface area contributed by atoms with E-state index in [9.17, 15) is 4.57 Å². The maximum absolute atomic E-state index is 10.4. The molecule has 1 aliphatic rings. The summed E-state index contributed by atoms with van der Waals surface area (Å²) in [4.78, 5) is 8.56. The molecule has 0 aromatic heterocycles. The molecule has 0 amide bonds. The summed E-state index contributed by atoms with van der Waals surface area (Å²) in [5, 5.41) is 0. The molecule has 1 N–H and O–H groups in total. The Morgan fingerprint density at radius 2 is 2.00 bits per heavy atom. The van der Waals surface area contributed by atoms with Gasteiger partial charge in [-0.1, -0.05) is 4.67 Å². The SMILES string of the molecule is O=[P+](O)N1CCOCC1. The van der Waals surface area contributed by atoms with Gasteiger partial charge in [-0.15, -0.1) is 4.89 Å². The van der Waals surface area contributed by atoms with E-state index in [2.05, 4.69) is 0 Å². The molecule has 0 spiro atoms. The number of hydrogen-bond donors (Lipinski definition) is 1. The van der Waals surface area contributed by atoms with Crippen LogP contribution < -0.4 is 0 Å². The van der Waals surface area contributed by atoms with Crippen LogP contribution in [0, 0.1) is 0 Å². The van der Waals surface area contributed by atoms with Crippen molar-refractivity contribution in [1.82, 2.24) is 4.67 Å². The number of rotatable bonds is 1. The van der Waals surface area contributed by atoms with Crippen molar-refractivity contribution >= 4 is 8.18 Å². The third-order valence-corrected chi connectivity index (χ3v) is 2.11. The zero-order valence-corrected chi connectivity index (χ0v) is 5.88. The van der Waals surface area contributed by atoms with E-state index in [1.807, 2.05) is 0 Å². The fourth-order valence-electron chi connectivity index (χ4n) is 0.725. The van der Waals surface area contributed by atoms with Crippen LogP contribution in [0.5, 0.6) is 0 Å². The first kappa shape index (κ1) is 7.09. The molecule has 5 heteroatoms. The molecule has 1 saturated heterocycles. The molecule has 0 radical (unpaired) electrons. The summed E-state index contributed by atoms with van der Waals surface area (Å²) in [7, 11) is -2.12. The summed E-state index contributed by atoms with van der Waals surface area (Å²) in [6.07, 6.45) is 0. The van der Waals surface area contributed by atoms with Gasteiger partial charge in [0.1, 0.15) is 0 Å². The van der Waals surface area contributed by atoms with Crippen LogP contribution in [0.3, 0.4) is 0 Å². The van der Waals surface area contributed by atoms with Gasteiger partial charge in [0.05, 0.1) is 26.3 Å². The zero-order valence-electron chi connectivity index (χ0n) is 4.99. The van der Waals surface area contributed by atoms with Crippen molar-refractivity contribution in [2.45, 2.75) is 0 Å². The molecule has 1 atom stereocenters. The fraction of sp³-hybridized carbons (Fsp3) is 1.00. The second-order valence-corrected chi connectivity index (χ2v) is 2.89. The Morgan fingerprint density at radius 3 is 2.33 bits per heavy atom. The van der Waals surface area contributed by atoms with Gasteiger partial charge in [-0.3, -0.25) is 0 Å².